The number of rotatable bonds is 5. The van der Waals surface area contributed by atoms with Crippen molar-refractivity contribution in [3.8, 4) is 0 Å². The molecule has 0 bridgehead atoms. The lowest BCUT2D eigenvalue weighted by atomic mass is 10.0. The van der Waals surface area contributed by atoms with Gasteiger partial charge in [0.1, 0.15) is 0 Å². The van der Waals surface area contributed by atoms with Crippen molar-refractivity contribution < 1.29 is 9.90 Å². The molecule has 1 fully saturated rings. The molecule has 5 heteroatoms. The zero-order valence-electron chi connectivity index (χ0n) is 14.9. The molecule has 0 unspecified atom stereocenters. The molecular formula is C20H25N3O2. The molecule has 1 amide bonds. The molecule has 2 aromatic rings. The number of likely N-dealkylation sites (tertiary alicyclic amines) is 1. The van der Waals surface area contributed by atoms with Gasteiger partial charge in [-0.05, 0) is 30.5 Å². The second-order valence-corrected chi connectivity index (χ2v) is 7.08. The monoisotopic (exact) mass is 339 g/mol. The van der Waals surface area contributed by atoms with E-state index in [0.717, 1.165) is 18.7 Å². The van der Waals surface area contributed by atoms with Gasteiger partial charge in [-0.15, -0.1) is 0 Å². The highest BCUT2D eigenvalue weighted by molar-refractivity contribution is 5.93. The fourth-order valence-electron chi connectivity index (χ4n) is 3.45. The number of aliphatic hydroxyl groups is 1. The normalized spacial score (nSPS) is 20.6. The van der Waals surface area contributed by atoms with Crippen LogP contribution in [-0.4, -0.2) is 58.1 Å². The molecule has 132 valence electrons. The highest BCUT2D eigenvalue weighted by Crippen LogP contribution is 2.24. The molecule has 1 aliphatic heterocycles. The lowest BCUT2D eigenvalue weighted by Crippen LogP contribution is -2.45. The second kappa shape index (κ2) is 7.33. The zero-order valence-corrected chi connectivity index (χ0v) is 14.9. The van der Waals surface area contributed by atoms with Crippen LogP contribution in [0.15, 0.2) is 48.8 Å². The van der Waals surface area contributed by atoms with E-state index in [0.29, 0.717) is 25.1 Å². The molecule has 1 saturated heterocycles. The van der Waals surface area contributed by atoms with E-state index in [4.69, 9.17) is 0 Å². The minimum atomic E-state index is -0.865. The van der Waals surface area contributed by atoms with Crippen LogP contribution in [0.5, 0.6) is 0 Å². The molecule has 1 N–H and O–H groups in total. The number of hydrogen-bond acceptors (Lipinski definition) is 4. The van der Waals surface area contributed by atoms with E-state index in [1.165, 1.54) is 5.56 Å². The summed E-state index contributed by atoms with van der Waals surface area (Å²) in [7, 11) is 1.74. The number of pyridine rings is 1. The Morgan fingerprint density at radius 1 is 1.32 bits per heavy atom. The topological polar surface area (TPSA) is 56.7 Å². The predicted molar refractivity (Wildman–Crippen MR) is 97.2 cm³/mol. The van der Waals surface area contributed by atoms with Gasteiger partial charge in [0, 0.05) is 39.1 Å². The van der Waals surface area contributed by atoms with Crippen molar-refractivity contribution in [2.75, 3.05) is 26.7 Å². The van der Waals surface area contributed by atoms with Crippen LogP contribution < -0.4 is 0 Å². The SMILES string of the molecule is Cc1cncc(C(=O)N(C)C[C@]2(O)CCN(Cc3ccccc3)C2)c1. The van der Waals surface area contributed by atoms with Crippen LogP contribution in [0.25, 0.3) is 0 Å². The van der Waals surface area contributed by atoms with E-state index in [1.54, 1.807) is 24.3 Å². The molecule has 3 rings (SSSR count). The van der Waals surface area contributed by atoms with Crippen molar-refractivity contribution in [3.05, 3.63) is 65.5 Å². The molecule has 5 nitrogen and oxygen atoms in total. The van der Waals surface area contributed by atoms with Crippen LogP contribution in [0.4, 0.5) is 0 Å². The minimum Gasteiger partial charge on any atom is -0.387 e. The van der Waals surface area contributed by atoms with Crippen LogP contribution in [-0.2, 0) is 6.54 Å². The van der Waals surface area contributed by atoms with Gasteiger partial charge in [0.15, 0.2) is 0 Å². The Morgan fingerprint density at radius 3 is 2.80 bits per heavy atom. The maximum Gasteiger partial charge on any atom is 0.255 e. The molecule has 1 aromatic heterocycles. The number of benzene rings is 1. The van der Waals surface area contributed by atoms with Crippen LogP contribution in [0.3, 0.4) is 0 Å². The molecule has 0 aliphatic carbocycles. The predicted octanol–water partition coefficient (Wildman–Crippen LogP) is 2.10. The number of carbonyl (C=O) groups excluding carboxylic acids is 1. The number of likely N-dealkylation sites (N-methyl/N-ethyl adjacent to an activating group) is 1. The fraction of sp³-hybridized carbons (Fsp3) is 0.400. The van der Waals surface area contributed by atoms with Crippen molar-refractivity contribution in [2.45, 2.75) is 25.5 Å². The van der Waals surface area contributed by atoms with Crippen LogP contribution >= 0.6 is 0 Å². The molecule has 25 heavy (non-hydrogen) atoms. The lowest BCUT2D eigenvalue weighted by Gasteiger charge is -2.29. The molecule has 2 heterocycles. The first kappa shape index (κ1) is 17.6. The Bertz CT molecular complexity index is 735. The van der Waals surface area contributed by atoms with Crippen molar-refractivity contribution >= 4 is 5.91 Å². The second-order valence-electron chi connectivity index (χ2n) is 7.08. The summed E-state index contributed by atoms with van der Waals surface area (Å²) in [6.45, 7) is 4.47. The van der Waals surface area contributed by atoms with Gasteiger partial charge in [0.2, 0.25) is 0 Å². The standard InChI is InChI=1S/C20H25N3O2/c1-16-10-18(12-21-11-16)19(24)22(2)14-20(25)8-9-23(15-20)13-17-6-4-3-5-7-17/h3-7,10-12,25H,8-9,13-15H2,1-2H3/t20-/m1/s1. The van der Waals surface area contributed by atoms with E-state index >= 15 is 0 Å². The van der Waals surface area contributed by atoms with Gasteiger partial charge < -0.3 is 10.0 Å². The van der Waals surface area contributed by atoms with E-state index in [2.05, 4.69) is 22.0 Å². The fourth-order valence-corrected chi connectivity index (χ4v) is 3.45. The van der Waals surface area contributed by atoms with Gasteiger partial charge in [0.25, 0.3) is 5.91 Å². The summed E-state index contributed by atoms with van der Waals surface area (Å²) in [6, 6.07) is 12.1. The summed E-state index contributed by atoms with van der Waals surface area (Å²) in [5.41, 5.74) is 1.89. The van der Waals surface area contributed by atoms with E-state index in [-0.39, 0.29) is 5.91 Å². The van der Waals surface area contributed by atoms with Crippen LogP contribution in [0, 0.1) is 6.92 Å². The van der Waals surface area contributed by atoms with Crippen molar-refractivity contribution in [3.63, 3.8) is 0 Å². The average molecular weight is 339 g/mol. The van der Waals surface area contributed by atoms with E-state index in [9.17, 15) is 9.90 Å². The molecule has 0 spiro atoms. The summed E-state index contributed by atoms with van der Waals surface area (Å²) >= 11 is 0. The first-order valence-corrected chi connectivity index (χ1v) is 8.61. The van der Waals surface area contributed by atoms with E-state index < -0.39 is 5.60 Å². The minimum absolute atomic E-state index is 0.105. The summed E-state index contributed by atoms with van der Waals surface area (Å²) in [5, 5.41) is 10.9. The number of hydrogen-bond donors (Lipinski definition) is 1. The molecule has 1 atom stereocenters. The third-order valence-corrected chi connectivity index (χ3v) is 4.66. The molecule has 0 saturated carbocycles. The molecule has 1 aromatic carbocycles. The quantitative estimate of drug-likeness (QED) is 0.906. The van der Waals surface area contributed by atoms with Gasteiger partial charge in [-0.2, -0.15) is 0 Å². The van der Waals surface area contributed by atoms with Crippen LogP contribution in [0.2, 0.25) is 0 Å². The highest BCUT2D eigenvalue weighted by Gasteiger charge is 2.37. The van der Waals surface area contributed by atoms with Crippen molar-refractivity contribution in [1.29, 1.82) is 0 Å². The first-order chi connectivity index (χ1) is 12.0. The third kappa shape index (κ3) is 4.44. The third-order valence-electron chi connectivity index (χ3n) is 4.66. The van der Waals surface area contributed by atoms with Crippen LogP contribution in [0.1, 0.15) is 27.9 Å². The van der Waals surface area contributed by atoms with Gasteiger partial charge in [-0.3, -0.25) is 14.7 Å². The van der Waals surface area contributed by atoms with E-state index in [1.807, 2.05) is 31.2 Å². The lowest BCUT2D eigenvalue weighted by molar-refractivity contribution is 0.0170. The Kier molecular flexibility index (Phi) is 5.16. The highest BCUT2D eigenvalue weighted by atomic mass is 16.3. The van der Waals surface area contributed by atoms with Crippen molar-refractivity contribution in [1.82, 2.24) is 14.8 Å². The number of aromatic nitrogens is 1. The smallest absolute Gasteiger partial charge is 0.255 e. The molecule has 0 radical (unpaired) electrons. The van der Waals surface area contributed by atoms with Crippen molar-refractivity contribution in [2.24, 2.45) is 0 Å². The number of amides is 1. The summed E-state index contributed by atoms with van der Waals surface area (Å²) in [6.07, 6.45) is 3.97. The van der Waals surface area contributed by atoms with Gasteiger partial charge in [-0.1, -0.05) is 30.3 Å². The summed E-state index contributed by atoms with van der Waals surface area (Å²) in [4.78, 5) is 20.5. The molecule has 1 aliphatic rings. The summed E-state index contributed by atoms with van der Waals surface area (Å²) < 4.78 is 0. The maximum absolute atomic E-state index is 12.6. The Labute approximate surface area is 148 Å². The zero-order chi connectivity index (χ0) is 17.9. The number of carbonyl (C=O) groups is 1. The number of β-amino-alcohol motifs (C(OH)–C–C–N with tert-alkyl or cyclic N) is 1. The van der Waals surface area contributed by atoms with Gasteiger partial charge in [-0.25, -0.2) is 0 Å². The summed E-state index contributed by atoms with van der Waals surface area (Å²) in [5.74, 6) is -0.105. The van der Waals surface area contributed by atoms with Gasteiger partial charge in [0.05, 0.1) is 17.7 Å². The Hall–Kier alpha value is -2.24. The number of aryl methyl sites for hydroxylation is 1. The van der Waals surface area contributed by atoms with Gasteiger partial charge >= 0.3 is 0 Å². The maximum atomic E-state index is 12.6. The molecular weight excluding hydrogens is 314 g/mol. The first-order valence-electron chi connectivity index (χ1n) is 8.61. The Balaban J connectivity index is 1.59. The largest absolute Gasteiger partial charge is 0.387 e. The Morgan fingerprint density at radius 2 is 2.08 bits per heavy atom. The average Bonchev–Trinajstić information content (AvgIpc) is 2.95. The number of nitrogens with zero attached hydrogens (tertiary/aromatic N) is 3.